The first kappa shape index (κ1) is 12.9. The average molecular weight is 214 g/mol. The van der Waals surface area contributed by atoms with Crippen molar-refractivity contribution in [1.29, 1.82) is 0 Å². The third-order valence-electron chi connectivity index (χ3n) is 3.74. The van der Waals surface area contributed by atoms with Crippen molar-refractivity contribution in [3.63, 3.8) is 0 Å². The van der Waals surface area contributed by atoms with Gasteiger partial charge >= 0.3 is 0 Å². The van der Waals surface area contributed by atoms with Crippen LogP contribution in [0.3, 0.4) is 0 Å². The van der Waals surface area contributed by atoms with E-state index >= 15 is 0 Å². The van der Waals surface area contributed by atoms with E-state index in [0.29, 0.717) is 11.3 Å². The van der Waals surface area contributed by atoms with Gasteiger partial charge in [-0.2, -0.15) is 0 Å². The van der Waals surface area contributed by atoms with Gasteiger partial charge in [0.2, 0.25) is 0 Å². The van der Waals surface area contributed by atoms with Crippen LogP contribution in [0.5, 0.6) is 0 Å². The Morgan fingerprint density at radius 2 is 2.13 bits per heavy atom. The van der Waals surface area contributed by atoms with E-state index in [2.05, 4.69) is 26.1 Å². The predicted molar refractivity (Wildman–Crippen MR) is 63.8 cm³/mol. The molecule has 1 fully saturated rings. The summed E-state index contributed by atoms with van der Waals surface area (Å²) in [7, 11) is 1.73. The Kier molecular flexibility index (Phi) is 4.15. The molecule has 0 aliphatic heterocycles. The number of nitrogens with two attached hydrogens (primary N) is 1. The molecule has 1 rings (SSSR count). The topological polar surface area (TPSA) is 47.3 Å². The van der Waals surface area contributed by atoms with Crippen LogP contribution in [0.25, 0.3) is 0 Å². The molecule has 1 aliphatic rings. The summed E-state index contributed by atoms with van der Waals surface area (Å²) in [5.41, 5.74) is 6.50. The molecule has 90 valence electrons. The fourth-order valence-corrected chi connectivity index (χ4v) is 3.11. The predicted octanol–water partition coefficient (Wildman–Crippen LogP) is 1.38. The Bertz CT molecular complexity index is 206. The monoisotopic (exact) mass is 214 g/mol. The third kappa shape index (κ3) is 2.92. The zero-order chi connectivity index (χ0) is 11.5. The van der Waals surface area contributed by atoms with Crippen molar-refractivity contribution in [2.24, 2.45) is 17.1 Å². The van der Waals surface area contributed by atoms with E-state index in [1.807, 2.05) is 0 Å². The number of nitrogens with one attached hydrogen (secondary N) is 1. The molecule has 1 saturated carbocycles. The minimum Gasteiger partial charge on any atom is -0.383 e. The summed E-state index contributed by atoms with van der Waals surface area (Å²) in [5.74, 6) is 0.648. The molecule has 3 nitrogen and oxygen atoms in total. The summed E-state index contributed by atoms with van der Waals surface area (Å²) in [6, 6.07) is 0. The quantitative estimate of drug-likeness (QED) is 0.680. The molecule has 0 aromatic carbocycles. The highest BCUT2D eigenvalue weighted by molar-refractivity contribution is 5.04. The lowest BCUT2D eigenvalue weighted by molar-refractivity contribution is 0.172. The zero-order valence-corrected chi connectivity index (χ0v) is 10.6. The molecule has 0 radical (unpaired) electrons. The smallest absolute Gasteiger partial charge is 0.0587 e. The second-order valence-electron chi connectivity index (χ2n) is 5.73. The number of hydrogen-bond acceptors (Lipinski definition) is 3. The van der Waals surface area contributed by atoms with Gasteiger partial charge in [0, 0.05) is 25.7 Å². The Labute approximate surface area is 93.8 Å². The molecule has 0 aromatic heterocycles. The van der Waals surface area contributed by atoms with Crippen molar-refractivity contribution < 1.29 is 4.74 Å². The van der Waals surface area contributed by atoms with Gasteiger partial charge in [-0.15, -0.1) is 0 Å². The molecule has 3 N–H and O–H groups in total. The van der Waals surface area contributed by atoms with Gasteiger partial charge in [-0.1, -0.05) is 20.8 Å². The van der Waals surface area contributed by atoms with Gasteiger partial charge in [0.15, 0.2) is 0 Å². The summed E-state index contributed by atoms with van der Waals surface area (Å²) in [6.07, 6.45) is 2.42. The van der Waals surface area contributed by atoms with Crippen LogP contribution < -0.4 is 11.1 Å². The molecule has 2 atom stereocenters. The first-order valence-corrected chi connectivity index (χ1v) is 5.90. The summed E-state index contributed by atoms with van der Waals surface area (Å²) < 4.78 is 5.08. The number of methoxy groups -OCH3 is 1. The first-order valence-electron chi connectivity index (χ1n) is 5.90. The van der Waals surface area contributed by atoms with Crippen LogP contribution in [-0.4, -0.2) is 32.3 Å². The summed E-state index contributed by atoms with van der Waals surface area (Å²) in [6.45, 7) is 9.35. The van der Waals surface area contributed by atoms with Crippen LogP contribution in [0.1, 0.15) is 33.6 Å². The van der Waals surface area contributed by atoms with E-state index in [0.717, 1.165) is 19.7 Å². The zero-order valence-electron chi connectivity index (χ0n) is 10.6. The van der Waals surface area contributed by atoms with E-state index in [9.17, 15) is 0 Å². The fraction of sp³-hybridized carbons (Fsp3) is 1.00. The fourth-order valence-electron chi connectivity index (χ4n) is 3.11. The number of hydrogen-bond donors (Lipinski definition) is 2. The number of ether oxygens (including phenoxy) is 1. The van der Waals surface area contributed by atoms with Crippen LogP contribution in [0.4, 0.5) is 0 Å². The number of rotatable bonds is 5. The molecular weight excluding hydrogens is 188 g/mol. The lowest BCUT2D eigenvalue weighted by Crippen LogP contribution is -2.54. The Morgan fingerprint density at radius 1 is 1.47 bits per heavy atom. The van der Waals surface area contributed by atoms with Gasteiger partial charge in [0.25, 0.3) is 0 Å². The highest BCUT2D eigenvalue weighted by Gasteiger charge is 2.47. The third-order valence-corrected chi connectivity index (χ3v) is 3.74. The molecule has 0 saturated heterocycles. The van der Waals surface area contributed by atoms with E-state index < -0.39 is 0 Å². The molecule has 0 bridgehead atoms. The maximum absolute atomic E-state index is 5.96. The van der Waals surface area contributed by atoms with Crippen LogP contribution >= 0.6 is 0 Å². The largest absolute Gasteiger partial charge is 0.383 e. The standard InChI is InChI=1S/C12H26N2O/c1-10-7-11(2,3)8-12(10,9-13)14-5-6-15-4/h10,14H,5-9,13H2,1-4H3. The van der Waals surface area contributed by atoms with E-state index in [1.54, 1.807) is 7.11 Å². The van der Waals surface area contributed by atoms with Crippen LogP contribution in [-0.2, 0) is 4.74 Å². The average Bonchev–Trinajstić information content (AvgIpc) is 2.37. The maximum atomic E-state index is 5.96. The summed E-state index contributed by atoms with van der Waals surface area (Å²) in [4.78, 5) is 0. The SMILES string of the molecule is COCCNC1(CN)CC(C)(C)CC1C. The van der Waals surface area contributed by atoms with Gasteiger partial charge < -0.3 is 15.8 Å². The van der Waals surface area contributed by atoms with Crippen LogP contribution in [0.2, 0.25) is 0 Å². The molecule has 0 amide bonds. The van der Waals surface area contributed by atoms with Gasteiger partial charge in [0.05, 0.1) is 6.61 Å². The second kappa shape index (κ2) is 4.81. The molecular formula is C12H26N2O. The van der Waals surface area contributed by atoms with Crippen molar-refractivity contribution in [3.8, 4) is 0 Å². The van der Waals surface area contributed by atoms with Crippen LogP contribution in [0.15, 0.2) is 0 Å². The maximum Gasteiger partial charge on any atom is 0.0587 e. The highest BCUT2D eigenvalue weighted by Crippen LogP contribution is 2.46. The van der Waals surface area contributed by atoms with Gasteiger partial charge in [-0.05, 0) is 24.2 Å². The second-order valence-corrected chi connectivity index (χ2v) is 5.73. The molecule has 3 heteroatoms. The minimum atomic E-state index is 0.127. The molecule has 1 aliphatic carbocycles. The van der Waals surface area contributed by atoms with E-state index in [4.69, 9.17) is 10.5 Å². The molecule has 15 heavy (non-hydrogen) atoms. The van der Waals surface area contributed by atoms with Gasteiger partial charge in [0.1, 0.15) is 0 Å². The first-order chi connectivity index (χ1) is 6.96. The lowest BCUT2D eigenvalue weighted by atomic mass is 9.86. The minimum absolute atomic E-state index is 0.127. The lowest BCUT2D eigenvalue weighted by Gasteiger charge is -2.34. The van der Waals surface area contributed by atoms with Crippen LogP contribution in [0, 0.1) is 11.3 Å². The molecule has 2 unspecified atom stereocenters. The van der Waals surface area contributed by atoms with E-state index in [-0.39, 0.29) is 5.54 Å². The molecule has 0 heterocycles. The highest BCUT2D eigenvalue weighted by atomic mass is 16.5. The molecule has 0 spiro atoms. The van der Waals surface area contributed by atoms with Crippen molar-refractivity contribution in [3.05, 3.63) is 0 Å². The van der Waals surface area contributed by atoms with E-state index in [1.165, 1.54) is 12.8 Å². The summed E-state index contributed by atoms with van der Waals surface area (Å²) in [5, 5.41) is 3.60. The van der Waals surface area contributed by atoms with Gasteiger partial charge in [-0.25, -0.2) is 0 Å². The van der Waals surface area contributed by atoms with Crippen molar-refractivity contribution in [2.75, 3.05) is 26.8 Å². The summed E-state index contributed by atoms with van der Waals surface area (Å²) >= 11 is 0. The Hall–Kier alpha value is -0.120. The Morgan fingerprint density at radius 3 is 2.53 bits per heavy atom. The van der Waals surface area contributed by atoms with Gasteiger partial charge in [-0.3, -0.25) is 0 Å². The van der Waals surface area contributed by atoms with Crippen molar-refractivity contribution >= 4 is 0 Å². The van der Waals surface area contributed by atoms with Crippen molar-refractivity contribution in [1.82, 2.24) is 5.32 Å². The molecule has 0 aromatic rings. The van der Waals surface area contributed by atoms with Crippen molar-refractivity contribution in [2.45, 2.75) is 39.2 Å². The Balaban J connectivity index is 2.60. The normalized spacial score (nSPS) is 34.6.